The molecule has 0 spiro atoms. The van der Waals surface area contributed by atoms with Gasteiger partial charge in [0, 0.05) is 22.0 Å². The van der Waals surface area contributed by atoms with Crippen LogP contribution >= 0.6 is 11.6 Å². The first-order valence-electron chi connectivity index (χ1n) is 8.52. The van der Waals surface area contributed by atoms with E-state index >= 15 is 0 Å². The number of halogens is 1. The van der Waals surface area contributed by atoms with Crippen LogP contribution in [0, 0.1) is 13.8 Å². The molecule has 0 aliphatic rings. The average Bonchev–Trinajstić information content (AvgIpc) is 2.63. The molecule has 3 rings (SSSR count). The van der Waals surface area contributed by atoms with Crippen molar-refractivity contribution in [2.24, 2.45) is 0 Å². The molecule has 0 radical (unpaired) electrons. The smallest absolute Gasteiger partial charge is 0.261 e. The molecular formula is C21H19ClN2O3S. The highest BCUT2D eigenvalue weighted by Gasteiger charge is 2.16. The third-order valence-electron chi connectivity index (χ3n) is 4.13. The molecule has 0 aromatic heterocycles. The van der Waals surface area contributed by atoms with E-state index in [2.05, 4.69) is 10.0 Å². The lowest BCUT2D eigenvalue weighted by Gasteiger charge is -2.12. The van der Waals surface area contributed by atoms with Gasteiger partial charge in [0.2, 0.25) is 0 Å². The van der Waals surface area contributed by atoms with Gasteiger partial charge in [0.25, 0.3) is 15.9 Å². The fourth-order valence-corrected chi connectivity index (χ4v) is 3.92. The Morgan fingerprint density at radius 1 is 0.929 bits per heavy atom. The van der Waals surface area contributed by atoms with Crippen molar-refractivity contribution in [3.63, 3.8) is 0 Å². The van der Waals surface area contributed by atoms with Gasteiger partial charge in [0.15, 0.2) is 0 Å². The van der Waals surface area contributed by atoms with Gasteiger partial charge in [-0.25, -0.2) is 8.42 Å². The summed E-state index contributed by atoms with van der Waals surface area (Å²) in [5, 5.41) is 3.33. The molecule has 0 saturated heterocycles. The molecule has 0 saturated carbocycles. The van der Waals surface area contributed by atoms with Crippen molar-refractivity contribution in [3.05, 3.63) is 88.4 Å². The molecule has 0 heterocycles. The van der Waals surface area contributed by atoms with E-state index in [0.29, 0.717) is 27.5 Å². The summed E-state index contributed by atoms with van der Waals surface area (Å²) in [4.78, 5) is 12.5. The molecule has 1 amide bonds. The van der Waals surface area contributed by atoms with Crippen molar-refractivity contribution in [2.75, 3.05) is 10.0 Å². The normalized spacial score (nSPS) is 11.1. The second-order valence-electron chi connectivity index (χ2n) is 6.41. The monoisotopic (exact) mass is 414 g/mol. The Morgan fingerprint density at radius 3 is 2.29 bits per heavy atom. The van der Waals surface area contributed by atoms with E-state index in [4.69, 9.17) is 11.6 Å². The molecule has 0 aliphatic heterocycles. The van der Waals surface area contributed by atoms with Crippen LogP contribution in [-0.2, 0) is 10.0 Å². The fraction of sp³-hybridized carbons (Fsp3) is 0.0952. The minimum atomic E-state index is -3.73. The minimum Gasteiger partial charge on any atom is -0.322 e. The highest BCUT2D eigenvalue weighted by molar-refractivity contribution is 7.92. The Balaban J connectivity index is 1.79. The number of benzene rings is 3. The molecule has 0 bridgehead atoms. The first-order valence-corrected chi connectivity index (χ1v) is 10.4. The number of hydrogen-bond donors (Lipinski definition) is 2. The first kappa shape index (κ1) is 19.9. The van der Waals surface area contributed by atoms with Gasteiger partial charge in [0.05, 0.1) is 4.90 Å². The van der Waals surface area contributed by atoms with Crippen molar-refractivity contribution in [3.8, 4) is 0 Å². The van der Waals surface area contributed by atoms with Crippen LogP contribution in [-0.4, -0.2) is 14.3 Å². The predicted octanol–water partition coefficient (Wildman–Crippen LogP) is 5.01. The predicted molar refractivity (Wildman–Crippen MR) is 113 cm³/mol. The molecule has 0 unspecified atom stereocenters. The van der Waals surface area contributed by atoms with Crippen molar-refractivity contribution in [2.45, 2.75) is 18.7 Å². The Kier molecular flexibility index (Phi) is 5.72. The quantitative estimate of drug-likeness (QED) is 0.616. The van der Waals surface area contributed by atoms with E-state index in [1.807, 2.05) is 13.0 Å². The number of hydrogen-bond acceptors (Lipinski definition) is 3. The number of anilines is 2. The second-order valence-corrected chi connectivity index (χ2v) is 8.53. The van der Waals surface area contributed by atoms with Crippen LogP contribution < -0.4 is 10.0 Å². The zero-order chi connectivity index (χ0) is 20.3. The summed E-state index contributed by atoms with van der Waals surface area (Å²) in [6, 6.07) is 18.2. The lowest BCUT2D eigenvalue weighted by molar-refractivity contribution is 0.102. The van der Waals surface area contributed by atoms with Gasteiger partial charge in [-0.15, -0.1) is 0 Å². The van der Waals surface area contributed by atoms with Crippen LogP contribution in [0.2, 0.25) is 5.02 Å². The molecule has 0 atom stereocenters. The topological polar surface area (TPSA) is 75.3 Å². The number of rotatable bonds is 5. The second kappa shape index (κ2) is 8.04. The third kappa shape index (κ3) is 4.71. The van der Waals surface area contributed by atoms with Crippen LogP contribution in [0.3, 0.4) is 0 Å². The summed E-state index contributed by atoms with van der Waals surface area (Å²) in [6.45, 7) is 3.63. The summed E-state index contributed by atoms with van der Waals surface area (Å²) in [5.41, 5.74) is 3.08. The zero-order valence-corrected chi connectivity index (χ0v) is 16.9. The number of amides is 1. The molecule has 28 heavy (non-hydrogen) atoms. The van der Waals surface area contributed by atoms with Crippen LogP contribution in [0.1, 0.15) is 21.5 Å². The van der Waals surface area contributed by atoms with Gasteiger partial charge >= 0.3 is 0 Å². The van der Waals surface area contributed by atoms with E-state index in [-0.39, 0.29) is 10.8 Å². The van der Waals surface area contributed by atoms with Gasteiger partial charge in [-0.3, -0.25) is 9.52 Å². The van der Waals surface area contributed by atoms with Gasteiger partial charge in [-0.2, -0.15) is 0 Å². The van der Waals surface area contributed by atoms with Gasteiger partial charge in [-0.1, -0.05) is 23.7 Å². The lowest BCUT2D eigenvalue weighted by atomic mass is 10.1. The van der Waals surface area contributed by atoms with E-state index < -0.39 is 10.0 Å². The number of carbonyl (C=O) groups is 1. The number of carbonyl (C=O) groups excluding carboxylic acids is 1. The molecule has 0 fully saturated rings. The standard InChI is InChI=1S/C21H19ClN2O3S/c1-14-4-3-5-18(12-14)24-28(26,27)19-10-11-20(15(2)13-19)23-21(25)16-6-8-17(22)9-7-16/h3-13,24H,1-2H3,(H,23,25). The Hall–Kier alpha value is -2.83. The molecule has 144 valence electrons. The van der Waals surface area contributed by atoms with E-state index in [1.165, 1.54) is 12.1 Å². The Labute approximate surface area is 169 Å². The maximum Gasteiger partial charge on any atom is 0.261 e. The highest BCUT2D eigenvalue weighted by atomic mass is 35.5. The van der Waals surface area contributed by atoms with Gasteiger partial charge in [-0.05, 0) is 79.6 Å². The van der Waals surface area contributed by atoms with Crippen LogP contribution in [0.5, 0.6) is 0 Å². The number of aryl methyl sites for hydroxylation is 2. The number of nitrogens with one attached hydrogen (secondary N) is 2. The van der Waals surface area contributed by atoms with Crippen molar-refractivity contribution in [1.82, 2.24) is 0 Å². The van der Waals surface area contributed by atoms with Gasteiger partial charge in [0.1, 0.15) is 0 Å². The van der Waals surface area contributed by atoms with Crippen molar-refractivity contribution < 1.29 is 13.2 Å². The third-order valence-corrected chi connectivity index (χ3v) is 5.76. The first-order chi connectivity index (χ1) is 13.2. The Morgan fingerprint density at radius 2 is 1.64 bits per heavy atom. The molecule has 0 aliphatic carbocycles. The summed E-state index contributed by atoms with van der Waals surface area (Å²) in [7, 11) is -3.73. The minimum absolute atomic E-state index is 0.121. The summed E-state index contributed by atoms with van der Waals surface area (Å²) in [5.74, 6) is -0.298. The highest BCUT2D eigenvalue weighted by Crippen LogP contribution is 2.23. The molecule has 7 heteroatoms. The van der Waals surface area contributed by atoms with Crippen LogP contribution in [0.4, 0.5) is 11.4 Å². The van der Waals surface area contributed by atoms with E-state index in [1.54, 1.807) is 55.5 Å². The summed E-state index contributed by atoms with van der Waals surface area (Å²) < 4.78 is 27.8. The maximum absolute atomic E-state index is 12.6. The molecule has 3 aromatic carbocycles. The largest absolute Gasteiger partial charge is 0.322 e. The summed E-state index contributed by atoms with van der Waals surface area (Å²) in [6.07, 6.45) is 0. The van der Waals surface area contributed by atoms with Crippen LogP contribution in [0.15, 0.2) is 71.6 Å². The molecule has 3 aromatic rings. The Bertz CT molecular complexity index is 1130. The lowest BCUT2D eigenvalue weighted by Crippen LogP contribution is -2.15. The SMILES string of the molecule is Cc1cccc(NS(=O)(=O)c2ccc(NC(=O)c3ccc(Cl)cc3)c(C)c2)c1. The summed E-state index contributed by atoms with van der Waals surface area (Å²) >= 11 is 5.83. The van der Waals surface area contributed by atoms with Crippen molar-refractivity contribution >= 4 is 38.9 Å². The fourth-order valence-electron chi connectivity index (χ4n) is 2.66. The van der Waals surface area contributed by atoms with Gasteiger partial charge < -0.3 is 5.32 Å². The van der Waals surface area contributed by atoms with Crippen molar-refractivity contribution in [1.29, 1.82) is 0 Å². The van der Waals surface area contributed by atoms with Crippen LogP contribution in [0.25, 0.3) is 0 Å². The average molecular weight is 415 g/mol. The molecule has 2 N–H and O–H groups in total. The maximum atomic E-state index is 12.6. The van der Waals surface area contributed by atoms with E-state index in [9.17, 15) is 13.2 Å². The zero-order valence-electron chi connectivity index (χ0n) is 15.4. The molecule has 5 nitrogen and oxygen atoms in total. The molecular weight excluding hydrogens is 396 g/mol. The van der Waals surface area contributed by atoms with E-state index in [0.717, 1.165) is 5.56 Å². The number of sulfonamides is 1.